The van der Waals surface area contributed by atoms with Crippen molar-refractivity contribution in [1.29, 1.82) is 0 Å². The molecule has 2 fully saturated rings. The summed E-state index contributed by atoms with van der Waals surface area (Å²) in [5, 5.41) is 10.1. The third kappa shape index (κ3) is 3.61. The third-order valence-corrected chi connectivity index (χ3v) is 7.11. The van der Waals surface area contributed by atoms with Gasteiger partial charge in [-0.05, 0) is 37.1 Å². The minimum atomic E-state index is -1.29. The molecule has 1 saturated carbocycles. The number of carboxylic acid groups (broad SMARTS) is 1. The van der Waals surface area contributed by atoms with Crippen molar-refractivity contribution in [1.82, 2.24) is 4.57 Å². The van der Waals surface area contributed by atoms with Crippen molar-refractivity contribution in [3.8, 4) is 0 Å². The Hall–Kier alpha value is -2.71. The quantitative estimate of drug-likeness (QED) is 0.548. The maximum atomic E-state index is 15.1. The van der Waals surface area contributed by atoms with Crippen LogP contribution >= 0.6 is 24.2 Å². The summed E-state index contributed by atoms with van der Waals surface area (Å²) >= 11 is 10.7. The molecule has 166 valence electrons. The molecule has 1 aliphatic carbocycles. The molecule has 0 radical (unpaired) electrons. The van der Waals surface area contributed by atoms with Crippen LogP contribution < -0.4 is 15.2 Å². The second kappa shape index (κ2) is 8.01. The summed E-state index contributed by atoms with van der Waals surface area (Å²) in [4.78, 5) is 29.0. The molecule has 0 bridgehead atoms. The van der Waals surface area contributed by atoms with Crippen LogP contribution in [0.25, 0.3) is 10.9 Å². The van der Waals surface area contributed by atoms with Crippen LogP contribution in [0.2, 0.25) is 5.02 Å². The molecule has 3 aromatic rings. The number of benzene rings is 2. The molecule has 32 heavy (non-hydrogen) atoms. The average Bonchev–Trinajstić information content (AvgIpc) is 3.61. The second-order valence-corrected chi connectivity index (χ2v) is 9.07. The molecule has 2 aromatic carbocycles. The summed E-state index contributed by atoms with van der Waals surface area (Å²) < 4.78 is 16.9. The van der Waals surface area contributed by atoms with E-state index in [0.717, 1.165) is 23.4 Å². The van der Waals surface area contributed by atoms with Crippen LogP contribution in [0.5, 0.6) is 0 Å². The van der Waals surface area contributed by atoms with Crippen molar-refractivity contribution in [2.75, 3.05) is 36.0 Å². The first kappa shape index (κ1) is 21.2. The Morgan fingerprint density at radius 2 is 1.75 bits per heavy atom. The van der Waals surface area contributed by atoms with Crippen LogP contribution in [0.15, 0.2) is 46.2 Å². The van der Waals surface area contributed by atoms with Crippen LogP contribution in [0, 0.1) is 5.82 Å². The van der Waals surface area contributed by atoms with Gasteiger partial charge in [-0.1, -0.05) is 17.7 Å². The lowest BCUT2D eigenvalue weighted by molar-refractivity contribution is 0.0695. The number of halogens is 2. The highest BCUT2D eigenvalue weighted by atomic mass is 35.5. The molecule has 0 amide bonds. The van der Waals surface area contributed by atoms with Gasteiger partial charge in [0.2, 0.25) is 5.43 Å². The minimum absolute atomic E-state index is 0.107. The zero-order chi connectivity index (χ0) is 22.6. The van der Waals surface area contributed by atoms with Gasteiger partial charge in [0.25, 0.3) is 0 Å². The summed E-state index contributed by atoms with van der Waals surface area (Å²) in [6, 6.07) is 8.67. The highest BCUT2D eigenvalue weighted by Crippen LogP contribution is 2.38. The molecule has 1 N–H and O–H groups in total. The number of fused-ring (bicyclic) bond motifs is 1. The summed E-state index contributed by atoms with van der Waals surface area (Å²) in [5.74, 6) is -1.82. The highest BCUT2D eigenvalue weighted by Gasteiger charge is 2.28. The fourth-order valence-electron chi connectivity index (χ4n) is 4.36. The standard InChI is InChI=1S/C23H21ClFN3O3S/c24-16-2-1-3-18(22(16)32)26-6-8-27(9-7-26)20-11-19-14(10-17(20)25)21(29)15(23(30)31)12-28(19)13-4-5-13/h1-3,10-13,32H,4-9H2,(H,30,31). The summed E-state index contributed by atoms with van der Waals surface area (Å²) in [7, 11) is 0. The van der Waals surface area contributed by atoms with E-state index in [4.69, 9.17) is 11.6 Å². The van der Waals surface area contributed by atoms with Crippen LogP contribution in [-0.2, 0) is 0 Å². The fourth-order valence-corrected chi connectivity index (χ4v) is 4.82. The smallest absolute Gasteiger partial charge is 0.341 e. The molecule has 9 heteroatoms. The van der Waals surface area contributed by atoms with Gasteiger partial charge < -0.3 is 19.5 Å². The van der Waals surface area contributed by atoms with Gasteiger partial charge in [0.1, 0.15) is 11.4 Å². The third-order valence-electron chi connectivity index (χ3n) is 6.20. The number of hydrogen-bond acceptors (Lipinski definition) is 5. The van der Waals surface area contributed by atoms with Gasteiger partial charge in [0.15, 0.2) is 0 Å². The van der Waals surface area contributed by atoms with Crippen molar-refractivity contribution in [2.45, 2.75) is 23.8 Å². The molecular weight excluding hydrogens is 453 g/mol. The van der Waals surface area contributed by atoms with Gasteiger partial charge in [0.05, 0.1) is 21.9 Å². The summed E-state index contributed by atoms with van der Waals surface area (Å²) in [6.07, 6.45) is 3.22. The number of rotatable bonds is 4. The zero-order valence-electron chi connectivity index (χ0n) is 17.1. The van der Waals surface area contributed by atoms with E-state index in [1.54, 1.807) is 12.1 Å². The van der Waals surface area contributed by atoms with Gasteiger partial charge >= 0.3 is 5.97 Å². The normalized spacial score (nSPS) is 16.6. The van der Waals surface area contributed by atoms with E-state index in [9.17, 15) is 14.7 Å². The topological polar surface area (TPSA) is 65.8 Å². The van der Waals surface area contributed by atoms with Crippen molar-refractivity contribution in [2.24, 2.45) is 0 Å². The van der Waals surface area contributed by atoms with E-state index in [2.05, 4.69) is 17.5 Å². The maximum absolute atomic E-state index is 15.1. The first-order chi connectivity index (χ1) is 15.3. The number of carboxylic acids is 1. The number of hydrogen-bond donors (Lipinski definition) is 2. The molecule has 1 saturated heterocycles. The molecule has 2 aliphatic rings. The van der Waals surface area contributed by atoms with Gasteiger partial charge in [-0.2, -0.15) is 0 Å². The van der Waals surface area contributed by atoms with Gasteiger partial charge in [0, 0.05) is 48.7 Å². The number of nitrogens with zero attached hydrogens (tertiary/aromatic N) is 3. The van der Waals surface area contributed by atoms with E-state index in [0.29, 0.717) is 42.4 Å². The Balaban J connectivity index is 1.49. The van der Waals surface area contributed by atoms with E-state index < -0.39 is 17.2 Å². The average molecular weight is 474 g/mol. The van der Waals surface area contributed by atoms with Gasteiger partial charge in [-0.15, -0.1) is 12.6 Å². The lowest BCUT2D eigenvalue weighted by Crippen LogP contribution is -2.47. The number of aromatic nitrogens is 1. The predicted molar refractivity (Wildman–Crippen MR) is 127 cm³/mol. The van der Waals surface area contributed by atoms with E-state index >= 15 is 4.39 Å². The minimum Gasteiger partial charge on any atom is -0.477 e. The largest absolute Gasteiger partial charge is 0.477 e. The van der Waals surface area contributed by atoms with Crippen molar-refractivity contribution < 1.29 is 14.3 Å². The summed E-state index contributed by atoms with van der Waals surface area (Å²) in [5.41, 5.74) is 0.972. The lowest BCUT2D eigenvalue weighted by Gasteiger charge is -2.38. The van der Waals surface area contributed by atoms with Crippen LogP contribution in [0.3, 0.4) is 0 Å². The number of thiol groups is 1. The zero-order valence-corrected chi connectivity index (χ0v) is 18.7. The SMILES string of the molecule is O=C(O)c1cn(C2CC2)c2cc(N3CCN(c4cccc(Cl)c4S)CC3)c(F)cc2c1=O. The maximum Gasteiger partial charge on any atom is 0.341 e. The second-order valence-electron chi connectivity index (χ2n) is 8.22. The Bertz CT molecular complexity index is 1300. The fraction of sp³-hybridized carbons (Fsp3) is 0.304. The number of pyridine rings is 1. The molecule has 5 rings (SSSR count). The molecule has 1 aromatic heterocycles. The monoisotopic (exact) mass is 473 g/mol. The Kier molecular flexibility index (Phi) is 5.29. The van der Waals surface area contributed by atoms with Crippen molar-refractivity contribution in [3.63, 3.8) is 0 Å². The molecule has 0 atom stereocenters. The van der Waals surface area contributed by atoms with Crippen molar-refractivity contribution in [3.05, 3.63) is 63.2 Å². The molecule has 0 unspecified atom stereocenters. The number of anilines is 2. The predicted octanol–water partition coefficient (Wildman–Crippen LogP) is 4.44. The van der Waals surface area contributed by atoms with Crippen molar-refractivity contribution >= 4 is 52.5 Å². The molecular formula is C23H21ClFN3O3S. The highest BCUT2D eigenvalue weighted by molar-refractivity contribution is 7.80. The number of carbonyl (C=O) groups is 1. The van der Waals surface area contributed by atoms with Crippen LogP contribution in [0.4, 0.5) is 15.8 Å². The van der Waals surface area contributed by atoms with E-state index in [1.807, 2.05) is 21.6 Å². The lowest BCUT2D eigenvalue weighted by atomic mass is 10.1. The number of aromatic carboxylic acids is 1. The molecule has 0 spiro atoms. The van der Waals surface area contributed by atoms with E-state index in [1.165, 1.54) is 12.3 Å². The molecule has 2 heterocycles. The van der Waals surface area contributed by atoms with Crippen LogP contribution in [-0.4, -0.2) is 41.8 Å². The Morgan fingerprint density at radius 1 is 1.09 bits per heavy atom. The van der Waals surface area contributed by atoms with Gasteiger partial charge in [-0.3, -0.25) is 4.79 Å². The Labute approximate surface area is 194 Å². The number of piperazine rings is 1. The Morgan fingerprint density at radius 3 is 2.38 bits per heavy atom. The first-order valence-corrected chi connectivity index (χ1v) is 11.3. The molecule has 1 aliphatic heterocycles. The molecule has 6 nitrogen and oxygen atoms in total. The summed E-state index contributed by atoms with van der Waals surface area (Å²) in [6.45, 7) is 2.50. The van der Waals surface area contributed by atoms with E-state index in [-0.39, 0.29) is 17.0 Å². The van der Waals surface area contributed by atoms with Gasteiger partial charge in [-0.25, -0.2) is 9.18 Å². The van der Waals surface area contributed by atoms with Crippen LogP contribution in [0.1, 0.15) is 29.2 Å². The first-order valence-electron chi connectivity index (χ1n) is 10.4.